The number of hydrogen-bond donors (Lipinski definition) is 1. The van der Waals surface area contributed by atoms with Gasteiger partial charge in [-0.15, -0.1) is 11.3 Å². The van der Waals surface area contributed by atoms with Crippen LogP contribution in [0, 0.1) is 0 Å². The highest BCUT2D eigenvalue weighted by Gasteiger charge is 2.12. The monoisotopic (exact) mass is 298 g/mol. The SMILES string of the molecule is SC(c1cccs1)c1ccccc1CBr. The van der Waals surface area contributed by atoms with Gasteiger partial charge in [0.2, 0.25) is 0 Å². The average molecular weight is 299 g/mol. The molecule has 1 aromatic carbocycles. The van der Waals surface area contributed by atoms with E-state index in [0.717, 1.165) is 5.33 Å². The second-order valence-electron chi connectivity index (χ2n) is 3.25. The van der Waals surface area contributed by atoms with Crippen LogP contribution in [-0.2, 0) is 5.33 Å². The number of halogens is 1. The van der Waals surface area contributed by atoms with Crippen molar-refractivity contribution in [3.05, 3.63) is 57.8 Å². The van der Waals surface area contributed by atoms with E-state index in [4.69, 9.17) is 0 Å². The molecule has 1 heterocycles. The molecule has 3 heteroatoms. The molecule has 0 bridgehead atoms. The van der Waals surface area contributed by atoms with Crippen LogP contribution in [0.1, 0.15) is 21.3 Å². The van der Waals surface area contributed by atoms with Crippen molar-refractivity contribution in [2.75, 3.05) is 0 Å². The van der Waals surface area contributed by atoms with E-state index in [0.29, 0.717) is 0 Å². The molecule has 0 aliphatic heterocycles. The van der Waals surface area contributed by atoms with Crippen molar-refractivity contribution in [2.24, 2.45) is 0 Å². The lowest BCUT2D eigenvalue weighted by molar-refractivity contribution is 1.16. The van der Waals surface area contributed by atoms with E-state index in [1.165, 1.54) is 16.0 Å². The lowest BCUT2D eigenvalue weighted by Crippen LogP contribution is -1.95. The zero-order valence-electron chi connectivity index (χ0n) is 8.06. The third kappa shape index (κ3) is 2.47. The zero-order valence-corrected chi connectivity index (χ0v) is 11.4. The van der Waals surface area contributed by atoms with Gasteiger partial charge in [-0.05, 0) is 22.6 Å². The summed E-state index contributed by atoms with van der Waals surface area (Å²) in [7, 11) is 0. The van der Waals surface area contributed by atoms with Gasteiger partial charge in [0, 0.05) is 10.2 Å². The van der Waals surface area contributed by atoms with E-state index in [2.05, 4.69) is 70.3 Å². The molecule has 0 radical (unpaired) electrons. The van der Waals surface area contributed by atoms with Crippen LogP contribution in [-0.4, -0.2) is 0 Å². The highest BCUT2D eigenvalue weighted by Crippen LogP contribution is 2.33. The fourth-order valence-corrected chi connectivity index (χ4v) is 3.28. The molecule has 1 aromatic heterocycles. The zero-order chi connectivity index (χ0) is 10.7. The number of thiol groups is 1. The minimum Gasteiger partial charge on any atom is -0.165 e. The first-order valence-corrected chi connectivity index (χ1v) is 7.20. The standard InChI is InChI=1S/C12H11BrS2/c13-8-9-4-1-2-5-10(9)12(14)11-6-3-7-15-11/h1-7,12,14H,8H2. The van der Waals surface area contributed by atoms with Crippen molar-refractivity contribution >= 4 is 39.9 Å². The van der Waals surface area contributed by atoms with Crippen LogP contribution >= 0.6 is 39.9 Å². The molecular formula is C12H11BrS2. The van der Waals surface area contributed by atoms with Crippen molar-refractivity contribution in [1.82, 2.24) is 0 Å². The van der Waals surface area contributed by atoms with Crippen molar-refractivity contribution in [3.63, 3.8) is 0 Å². The normalized spacial score (nSPS) is 12.7. The molecule has 15 heavy (non-hydrogen) atoms. The minimum absolute atomic E-state index is 0.193. The number of alkyl halides is 1. The molecule has 0 N–H and O–H groups in total. The van der Waals surface area contributed by atoms with Gasteiger partial charge in [0.05, 0.1) is 5.25 Å². The molecule has 2 rings (SSSR count). The summed E-state index contributed by atoms with van der Waals surface area (Å²) in [5.74, 6) is 0. The number of benzene rings is 1. The maximum atomic E-state index is 4.69. The van der Waals surface area contributed by atoms with E-state index >= 15 is 0 Å². The Morgan fingerprint density at radius 1 is 1.20 bits per heavy atom. The molecule has 0 saturated heterocycles. The van der Waals surface area contributed by atoms with Crippen molar-refractivity contribution in [2.45, 2.75) is 10.6 Å². The molecule has 1 unspecified atom stereocenters. The van der Waals surface area contributed by atoms with Gasteiger partial charge in [0.15, 0.2) is 0 Å². The van der Waals surface area contributed by atoms with Gasteiger partial charge < -0.3 is 0 Å². The first kappa shape index (κ1) is 11.2. The summed E-state index contributed by atoms with van der Waals surface area (Å²) in [6.07, 6.45) is 0. The molecule has 78 valence electrons. The van der Waals surface area contributed by atoms with E-state index < -0.39 is 0 Å². The van der Waals surface area contributed by atoms with Crippen LogP contribution < -0.4 is 0 Å². The lowest BCUT2D eigenvalue weighted by Gasteiger charge is -2.12. The molecule has 0 saturated carbocycles. The first-order valence-electron chi connectivity index (χ1n) is 4.68. The summed E-state index contributed by atoms with van der Waals surface area (Å²) in [4.78, 5) is 1.30. The number of rotatable bonds is 3. The van der Waals surface area contributed by atoms with Gasteiger partial charge in [0.25, 0.3) is 0 Å². The van der Waals surface area contributed by atoms with Crippen LogP contribution in [0.25, 0.3) is 0 Å². The van der Waals surface area contributed by atoms with E-state index in [1.807, 2.05) is 0 Å². The van der Waals surface area contributed by atoms with Crippen molar-refractivity contribution in [1.29, 1.82) is 0 Å². The van der Waals surface area contributed by atoms with Crippen molar-refractivity contribution in [3.8, 4) is 0 Å². The predicted octanol–water partition coefficient (Wildman–Crippen LogP) is 4.66. The van der Waals surface area contributed by atoms with E-state index in [1.54, 1.807) is 11.3 Å². The van der Waals surface area contributed by atoms with Crippen LogP contribution in [0.5, 0.6) is 0 Å². The molecular weight excluding hydrogens is 288 g/mol. The van der Waals surface area contributed by atoms with E-state index in [-0.39, 0.29) is 5.25 Å². The van der Waals surface area contributed by atoms with Crippen LogP contribution in [0.4, 0.5) is 0 Å². The quantitative estimate of drug-likeness (QED) is 0.618. The lowest BCUT2D eigenvalue weighted by atomic mass is 10.0. The maximum Gasteiger partial charge on any atom is 0.0613 e. The Balaban J connectivity index is 2.37. The fraction of sp³-hybridized carbons (Fsp3) is 0.167. The Labute approximate surface area is 108 Å². The summed E-state index contributed by atoms with van der Waals surface area (Å²) in [6, 6.07) is 12.6. The Bertz CT molecular complexity index is 423. The topological polar surface area (TPSA) is 0 Å². The maximum absolute atomic E-state index is 4.69. The second-order valence-corrected chi connectivity index (χ2v) is 5.31. The average Bonchev–Trinajstić information content (AvgIpc) is 2.81. The molecule has 0 aliphatic carbocycles. The molecule has 0 amide bonds. The van der Waals surface area contributed by atoms with Gasteiger partial charge in [0.1, 0.15) is 0 Å². The third-order valence-corrected chi connectivity index (χ3v) is 4.58. The summed E-state index contributed by atoms with van der Waals surface area (Å²) in [5.41, 5.74) is 2.60. The van der Waals surface area contributed by atoms with Crippen LogP contribution in [0.2, 0.25) is 0 Å². The minimum atomic E-state index is 0.193. The summed E-state index contributed by atoms with van der Waals surface area (Å²) in [5, 5.41) is 3.17. The molecule has 0 fully saturated rings. The Hall–Kier alpha value is -0.250. The largest absolute Gasteiger partial charge is 0.165 e. The van der Waals surface area contributed by atoms with Gasteiger partial charge in [-0.2, -0.15) is 12.6 Å². The van der Waals surface area contributed by atoms with Gasteiger partial charge in [-0.25, -0.2) is 0 Å². The third-order valence-electron chi connectivity index (χ3n) is 2.31. The Kier molecular flexibility index (Phi) is 3.89. The molecule has 0 spiro atoms. The van der Waals surface area contributed by atoms with E-state index in [9.17, 15) is 0 Å². The van der Waals surface area contributed by atoms with Gasteiger partial charge >= 0.3 is 0 Å². The molecule has 1 atom stereocenters. The highest BCUT2D eigenvalue weighted by molar-refractivity contribution is 9.08. The van der Waals surface area contributed by atoms with Crippen LogP contribution in [0.3, 0.4) is 0 Å². The van der Waals surface area contributed by atoms with Crippen molar-refractivity contribution < 1.29 is 0 Å². The van der Waals surface area contributed by atoms with Gasteiger partial charge in [-0.3, -0.25) is 0 Å². The second kappa shape index (κ2) is 5.19. The number of hydrogen-bond acceptors (Lipinski definition) is 2. The highest BCUT2D eigenvalue weighted by atomic mass is 79.9. The fourth-order valence-electron chi connectivity index (χ4n) is 1.52. The summed E-state index contributed by atoms with van der Waals surface area (Å²) >= 11 is 9.95. The Morgan fingerprint density at radius 2 is 2.00 bits per heavy atom. The van der Waals surface area contributed by atoms with Crippen LogP contribution in [0.15, 0.2) is 41.8 Å². The molecule has 0 nitrogen and oxygen atoms in total. The predicted molar refractivity (Wildman–Crippen MR) is 74.2 cm³/mol. The summed E-state index contributed by atoms with van der Waals surface area (Å²) < 4.78 is 0. The molecule has 2 aromatic rings. The smallest absolute Gasteiger partial charge is 0.0613 e. The molecule has 0 aliphatic rings. The Morgan fingerprint density at radius 3 is 2.67 bits per heavy atom. The number of thiophene rings is 1. The first-order chi connectivity index (χ1) is 7.33. The van der Waals surface area contributed by atoms with Gasteiger partial charge in [-0.1, -0.05) is 46.3 Å². The summed E-state index contributed by atoms with van der Waals surface area (Å²) in [6.45, 7) is 0.